The van der Waals surface area contributed by atoms with Gasteiger partial charge in [0.05, 0.1) is 18.3 Å². The smallest absolute Gasteiger partial charge is 0.258 e. The van der Waals surface area contributed by atoms with Gasteiger partial charge in [-0.1, -0.05) is 48.3 Å². The van der Waals surface area contributed by atoms with Crippen molar-refractivity contribution in [2.45, 2.75) is 6.54 Å². The van der Waals surface area contributed by atoms with E-state index < -0.39 is 0 Å². The number of carbonyl (C=O) groups excluding carboxylic acids is 1. The highest BCUT2D eigenvalue weighted by Crippen LogP contribution is 2.18. The third-order valence-electron chi connectivity index (χ3n) is 3.42. The molecule has 0 saturated heterocycles. The molecule has 6 heteroatoms. The molecule has 3 rings (SSSR count). The normalized spacial score (nSPS) is 10.4. The van der Waals surface area contributed by atoms with Crippen molar-refractivity contribution in [1.29, 1.82) is 0 Å². The van der Waals surface area contributed by atoms with Crippen molar-refractivity contribution < 1.29 is 4.79 Å². The minimum absolute atomic E-state index is 0.171. The summed E-state index contributed by atoms with van der Waals surface area (Å²) in [6.45, 7) is 0.640. The summed E-state index contributed by atoms with van der Waals surface area (Å²) in [5, 5.41) is 7.15. The molecule has 0 atom stereocenters. The van der Waals surface area contributed by atoms with Gasteiger partial charge < -0.3 is 10.0 Å². The zero-order chi connectivity index (χ0) is 16.8. The van der Waals surface area contributed by atoms with Crippen LogP contribution in [0.4, 0.5) is 11.4 Å². The second-order valence-corrected chi connectivity index (χ2v) is 5.87. The summed E-state index contributed by atoms with van der Waals surface area (Å²) in [5.74, 6) is -0.171. The monoisotopic (exact) mass is 338 g/mol. The van der Waals surface area contributed by atoms with Gasteiger partial charge in [-0.2, -0.15) is 5.10 Å². The van der Waals surface area contributed by atoms with E-state index in [1.54, 1.807) is 17.1 Å². The summed E-state index contributed by atoms with van der Waals surface area (Å²) >= 11 is 1.51. The van der Waals surface area contributed by atoms with Gasteiger partial charge in [-0.15, -0.1) is 0 Å². The number of hydrogen-bond donors (Lipinski definition) is 2. The summed E-state index contributed by atoms with van der Waals surface area (Å²) in [4.78, 5) is 12.4. The van der Waals surface area contributed by atoms with Crippen LogP contribution in [0.2, 0.25) is 0 Å². The Morgan fingerprint density at radius 2 is 1.92 bits per heavy atom. The van der Waals surface area contributed by atoms with Crippen LogP contribution in [0.25, 0.3) is 0 Å². The van der Waals surface area contributed by atoms with Crippen molar-refractivity contribution in [3.8, 4) is 0 Å². The average Bonchev–Trinajstić information content (AvgIpc) is 3.05. The first-order chi connectivity index (χ1) is 11.7. The van der Waals surface area contributed by atoms with Crippen molar-refractivity contribution >= 4 is 29.2 Å². The predicted molar refractivity (Wildman–Crippen MR) is 99.3 cm³/mol. The van der Waals surface area contributed by atoms with Crippen LogP contribution < -0.4 is 10.0 Å². The molecule has 0 bridgehead atoms. The number of nitrogens with one attached hydrogen (secondary N) is 2. The van der Waals surface area contributed by atoms with Crippen molar-refractivity contribution in [1.82, 2.24) is 9.78 Å². The van der Waals surface area contributed by atoms with E-state index in [1.807, 2.05) is 60.9 Å². The molecular formula is C18H18N4OS. The zero-order valence-corrected chi connectivity index (χ0v) is 14.1. The van der Waals surface area contributed by atoms with Gasteiger partial charge in [-0.25, -0.2) is 0 Å². The van der Waals surface area contributed by atoms with Gasteiger partial charge >= 0.3 is 0 Å². The Morgan fingerprint density at radius 3 is 2.71 bits per heavy atom. The molecule has 3 aromatic rings. The Labute approximate surface area is 145 Å². The third-order valence-corrected chi connectivity index (χ3v) is 3.86. The second-order valence-electron chi connectivity index (χ2n) is 5.25. The van der Waals surface area contributed by atoms with Gasteiger partial charge in [-0.05, 0) is 23.8 Å². The number of benzene rings is 2. The maximum atomic E-state index is 12.4. The van der Waals surface area contributed by atoms with Crippen LogP contribution in [0.3, 0.4) is 0 Å². The van der Waals surface area contributed by atoms with Crippen molar-refractivity contribution in [3.05, 3.63) is 78.1 Å². The zero-order valence-electron chi connectivity index (χ0n) is 13.3. The Balaban J connectivity index is 1.66. The van der Waals surface area contributed by atoms with Crippen molar-refractivity contribution in [2.24, 2.45) is 0 Å². The highest BCUT2D eigenvalue weighted by atomic mass is 32.2. The van der Waals surface area contributed by atoms with Crippen LogP contribution in [0.15, 0.2) is 67.0 Å². The lowest BCUT2D eigenvalue weighted by Crippen LogP contribution is -2.11. The standard InChI is InChI=1S/C18H18N4OS/c1-24-21-17-9-5-8-16(10-17)20-18(23)15-11-19-22(13-15)12-14-6-3-2-4-7-14/h2-11,13,21H,12H2,1H3,(H,20,23). The van der Waals surface area contributed by atoms with Gasteiger partial charge in [0.15, 0.2) is 0 Å². The lowest BCUT2D eigenvalue weighted by molar-refractivity contribution is 0.102. The minimum Gasteiger partial charge on any atom is -0.330 e. The lowest BCUT2D eigenvalue weighted by Gasteiger charge is -2.07. The molecule has 1 aromatic heterocycles. The molecule has 0 fully saturated rings. The van der Waals surface area contributed by atoms with Gasteiger partial charge in [0.25, 0.3) is 5.91 Å². The first-order valence-corrected chi connectivity index (χ1v) is 8.74. The summed E-state index contributed by atoms with van der Waals surface area (Å²) in [5.41, 5.74) is 3.37. The van der Waals surface area contributed by atoms with Gasteiger partial charge in [0.2, 0.25) is 0 Å². The third kappa shape index (κ3) is 4.17. The topological polar surface area (TPSA) is 58.9 Å². The van der Waals surface area contributed by atoms with E-state index in [4.69, 9.17) is 0 Å². The maximum absolute atomic E-state index is 12.4. The Kier molecular flexibility index (Phi) is 5.18. The molecule has 0 saturated carbocycles. The number of rotatable bonds is 6. The Hall–Kier alpha value is -2.73. The van der Waals surface area contributed by atoms with E-state index in [9.17, 15) is 4.79 Å². The summed E-state index contributed by atoms with van der Waals surface area (Å²) < 4.78 is 4.90. The molecule has 0 aliphatic carbocycles. The fourth-order valence-corrected chi connectivity index (χ4v) is 2.68. The molecule has 0 unspecified atom stereocenters. The molecule has 2 N–H and O–H groups in total. The number of amides is 1. The van der Waals surface area contributed by atoms with Crippen molar-refractivity contribution in [2.75, 3.05) is 16.3 Å². The molecule has 24 heavy (non-hydrogen) atoms. The first kappa shape index (κ1) is 16.1. The van der Waals surface area contributed by atoms with Crippen LogP contribution in [-0.4, -0.2) is 21.9 Å². The second kappa shape index (κ2) is 7.70. The maximum Gasteiger partial charge on any atom is 0.258 e. The van der Waals surface area contributed by atoms with Crippen LogP contribution in [0, 0.1) is 0 Å². The molecule has 1 heterocycles. The molecule has 0 aliphatic rings. The van der Waals surface area contributed by atoms with Crippen LogP contribution in [0.5, 0.6) is 0 Å². The van der Waals surface area contributed by atoms with Gasteiger partial charge in [-0.3, -0.25) is 9.48 Å². The molecular weight excluding hydrogens is 320 g/mol. The molecule has 0 radical (unpaired) electrons. The van der Waals surface area contributed by atoms with Gasteiger partial charge in [0, 0.05) is 23.8 Å². The Bertz CT molecular complexity index is 817. The summed E-state index contributed by atoms with van der Waals surface area (Å²) in [6, 6.07) is 17.6. The van der Waals surface area contributed by atoms with E-state index in [0.29, 0.717) is 12.1 Å². The fraction of sp³-hybridized carbons (Fsp3) is 0.111. The molecule has 2 aromatic carbocycles. The van der Waals surface area contributed by atoms with Gasteiger partial charge in [0.1, 0.15) is 0 Å². The quantitative estimate of drug-likeness (QED) is 0.670. The Morgan fingerprint density at radius 1 is 1.12 bits per heavy atom. The predicted octanol–water partition coefficient (Wildman–Crippen LogP) is 3.87. The average molecular weight is 338 g/mol. The molecule has 122 valence electrons. The van der Waals surface area contributed by atoms with Crippen LogP contribution in [-0.2, 0) is 6.54 Å². The summed E-state index contributed by atoms with van der Waals surface area (Å²) in [7, 11) is 0. The first-order valence-electron chi connectivity index (χ1n) is 7.51. The van der Waals surface area contributed by atoms with Crippen LogP contribution in [0.1, 0.15) is 15.9 Å². The van der Waals surface area contributed by atoms with Crippen molar-refractivity contribution in [3.63, 3.8) is 0 Å². The van der Waals surface area contributed by atoms with E-state index in [2.05, 4.69) is 15.1 Å². The number of carbonyl (C=O) groups is 1. The molecule has 1 amide bonds. The highest BCUT2D eigenvalue weighted by Gasteiger charge is 2.09. The fourth-order valence-electron chi connectivity index (χ4n) is 2.32. The van der Waals surface area contributed by atoms with E-state index in [0.717, 1.165) is 16.9 Å². The van der Waals surface area contributed by atoms with E-state index in [-0.39, 0.29) is 5.91 Å². The molecule has 0 aliphatic heterocycles. The number of anilines is 2. The summed E-state index contributed by atoms with van der Waals surface area (Å²) in [6.07, 6.45) is 5.29. The minimum atomic E-state index is -0.171. The largest absolute Gasteiger partial charge is 0.330 e. The SMILES string of the molecule is CSNc1cccc(NC(=O)c2cnn(Cc3ccccc3)c2)c1. The number of nitrogens with zero attached hydrogens (tertiary/aromatic N) is 2. The molecule has 5 nitrogen and oxygen atoms in total. The number of aromatic nitrogens is 2. The van der Waals surface area contributed by atoms with Crippen LogP contribution >= 0.6 is 11.9 Å². The molecule has 0 spiro atoms. The van der Waals surface area contributed by atoms with E-state index in [1.165, 1.54) is 11.9 Å². The lowest BCUT2D eigenvalue weighted by atomic mass is 10.2. The number of hydrogen-bond acceptors (Lipinski definition) is 4. The highest BCUT2D eigenvalue weighted by molar-refractivity contribution is 7.99. The van der Waals surface area contributed by atoms with E-state index >= 15 is 0 Å².